The first-order chi connectivity index (χ1) is 15.2. The standard InChI is InChI=1S/C17H32N5O11/c1-17(2,3)33-16(28)20-8(5-4-6-19-15(18)21-22(29)30)13(26)31-7-9-10(23)11(24)12(25)14(27)32-9/h8-12,14,23-25,27,29H,4-7H2,1-3H3,(H,20,28)(H3,18,19,21)/q-1/t8-,9+,10+,11-,12+,14+/m1/s1. The van der Waals surface area contributed by atoms with Gasteiger partial charge in [-0.05, 0) is 33.6 Å². The minimum atomic E-state index is -1.80. The molecule has 192 valence electrons. The van der Waals surface area contributed by atoms with Crippen LogP contribution in [0.4, 0.5) is 4.79 Å². The summed E-state index contributed by atoms with van der Waals surface area (Å²) < 4.78 is 15.1. The van der Waals surface area contributed by atoms with Gasteiger partial charge in [0.2, 0.25) is 5.96 Å². The van der Waals surface area contributed by atoms with Gasteiger partial charge in [-0.25, -0.2) is 9.59 Å². The van der Waals surface area contributed by atoms with Crippen molar-refractivity contribution in [3.8, 4) is 0 Å². The number of rotatable bonds is 9. The van der Waals surface area contributed by atoms with Gasteiger partial charge in [-0.2, -0.15) is 5.34 Å². The Morgan fingerprint density at radius 3 is 2.42 bits per heavy atom. The van der Waals surface area contributed by atoms with Crippen LogP contribution in [0.5, 0.6) is 0 Å². The van der Waals surface area contributed by atoms with Crippen LogP contribution in [-0.4, -0.2) is 104 Å². The second-order valence-electron chi connectivity index (χ2n) is 8.16. The van der Waals surface area contributed by atoms with E-state index in [4.69, 9.17) is 25.2 Å². The minimum Gasteiger partial charge on any atom is -0.744 e. The van der Waals surface area contributed by atoms with Crippen molar-refractivity contribution in [1.82, 2.24) is 16.1 Å². The van der Waals surface area contributed by atoms with Crippen molar-refractivity contribution in [3.05, 3.63) is 5.21 Å². The third-order valence-corrected chi connectivity index (χ3v) is 4.20. The molecule has 1 heterocycles. The van der Waals surface area contributed by atoms with Gasteiger partial charge in [-0.15, -0.1) is 0 Å². The highest BCUT2D eigenvalue weighted by Crippen LogP contribution is 2.20. The van der Waals surface area contributed by atoms with E-state index in [0.29, 0.717) is 0 Å². The Balaban J connectivity index is 2.72. The molecule has 0 spiro atoms. The number of aliphatic hydroxyl groups is 4. The first-order valence-electron chi connectivity index (χ1n) is 9.98. The molecule has 16 nitrogen and oxygen atoms in total. The second-order valence-corrected chi connectivity index (χ2v) is 8.16. The molecule has 0 saturated carbocycles. The maximum absolute atomic E-state index is 12.5. The molecule has 1 rings (SSSR count). The van der Waals surface area contributed by atoms with Gasteiger partial charge in [-0.1, -0.05) is 0 Å². The molecule has 0 unspecified atom stereocenters. The largest absolute Gasteiger partial charge is 0.744 e. The molecule has 0 radical (unpaired) electrons. The molecular formula is C17H32N5O11-. The number of aliphatic hydroxyl groups excluding tert-OH is 4. The maximum Gasteiger partial charge on any atom is 0.408 e. The SMILES string of the molecule is CC(C)(C)OC(=O)N[C@H](CCCN=C(N)NN([O-])O)C(=O)OC[C@@H]1O[C@H](O)[C@@H](O)[C@H](O)[C@H]1O. The number of hydrogen-bond acceptors (Lipinski definition) is 13. The normalized spacial score (nSPS) is 27.1. The fraction of sp³-hybridized carbons (Fsp3) is 0.824. The molecule has 6 atom stereocenters. The average molecular weight is 482 g/mol. The maximum atomic E-state index is 12.5. The summed E-state index contributed by atoms with van der Waals surface area (Å²) in [6, 6.07) is -1.22. The van der Waals surface area contributed by atoms with Crippen LogP contribution in [0, 0.1) is 5.21 Å². The zero-order valence-corrected chi connectivity index (χ0v) is 18.4. The molecular weight excluding hydrogens is 450 g/mol. The molecule has 16 heteroatoms. The molecule has 0 aromatic carbocycles. The van der Waals surface area contributed by atoms with Gasteiger partial charge in [0, 0.05) is 6.54 Å². The number of alkyl carbamates (subject to hydrolysis) is 1. The lowest BCUT2D eigenvalue weighted by Crippen LogP contribution is -2.59. The molecule has 0 aromatic rings. The fourth-order valence-corrected chi connectivity index (χ4v) is 2.66. The van der Waals surface area contributed by atoms with Crippen LogP contribution >= 0.6 is 0 Å². The summed E-state index contributed by atoms with van der Waals surface area (Å²) >= 11 is 0. The molecule has 33 heavy (non-hydrogen) atoms. The van der Waals surface area contributed by atoms with E-state index < -0.39 is 66.4 Å². The number of nitrogens with two attached hydrogens (primary N) is 1. The third-order valence-electron chi connectivity index (χ3n) is 4.20. The van der Waals surface area contributed by atoms with Gasteiger partial charge in [-0.3, -0.25) is 10.4 Å². The summed E-state index contributed by atoms with van der Waals surface area (Å²) in [7, 11) is 0. The Labute approximate surface area is 189 Å². The zero-order valence-electron chi connectivity index (χ0n) is 18.4. The predicted octanol–water partition coefficient (Wildman–Crippen LogP) is -2.99. The lowest BCUT2D eigenvalue weighted by atomic mass is 9.99. The molecule has 9 N–H and O–H groups in total. The number of guanidine groups is 1. The summed E-state index contributed by atoms with van der Waals surface area (Å²) in [6.45, 7) is 4.28. The van der Waals surface area contributed by atoms with Crippen LogP contribution in [0.15, 0.2) is 4.99 Å². The van der Waals surface area contributed by atoms with Crippen molar-refractivity contribution in [2.75, 3.05) is 13.2 Å². The molecule has 1 aliphatic heterocycles. The van der Waals surface area contributed by atoms with Crippen LogP contribution < -0.4 is 16.5 Å². The molecule has 1 aliphatic rings. The van der Waals surface area contributed by atoms with E-state index in [2.05, 4.69) is 10.3 Å². The van der Waals surface area contributed by atoms with Gasteiger partial charge in [0.1, 0.15) is 42.7 Å². The van der Waals surface area contributed by atoms with Crippen LogP contribution in [0.3, 0.4) is 0 Å². The molecule has 1 fully saturated rings. The monoisotopic (exact) mass is 482 g/mol. The van der Waals surface area contributed by atoms with Gasteiger partial charge in [0.05, 0.1) is 0 Å². The Bertz CT molecular complexity index is 672. The predicted molar refractivity (Wildman–Crippen MR) is 109 cm³/mol. The first-order valence-corrected chi connectivity index (χ1v) is 9.98. The Kier molecular flexibility index (Phi) is 11.1. The van der Waals surface area contributed by atoms with E-state index in [1.54, 1.807) is 26.2 Å². The number of ether oxygens (including phenoxy) is 3. The molecule has 0 bridgehead atoms. The number of nitrogens with zero attached hydrogens (tertiary/aromatic N) is 2. The highest BCUT2D eigenvalue weighted by Gasteiger charge is 2.43. The lowest BCUT2D eigenvalue weighted by Gasteiger charge is -2.38. The van der Waals surface area contributed by atoms with Gasteiger partial charge < -0.3 is 56.1 Å². The molecule has 0 aromatic heterocycles. The molecule has 0 aliphatic carbocycles. The first kappa shape index (κ1) is 28.7. The van der Waals surface area contributed by atoms with Crippen molar-refractivity contribution >= 4 is 18.0 Å². The Morgan fingerprint density at radius 1 is 1.21 bits per heavy atom. The Hall–Kier alpha value is -2.31. The van der Waals surface area contributed by atoms with Gasteiger partial charge >= 0.3 is 12.1 Å². The number of esters is 1. The van der Waals surface area contributed by atoms with E-state index in [1.165, 1.54) is 0 Å². The van der Waals surface area contributed by atoms with Crippen molar-refractivity contribution < 1.29 is 49.4 Å². The van der Waals surface area contributed by atoms with Crippen molar-refractivity contribution in [2.45, 2.75) is 76.0 Å². The Morgan fingerprint density at radius 2 is 1.85 bits per heavy atom. The number of nitrogens with one attached hydrogen (secondary N) is 2. The molecule has 1 amide bonds. The third kappa shape index (κ3) is 10.4. The van der Waals surface area contributed by atoms with E-state index >= 15 is 0 Å². The highest BCUT2D eigenvalue weighted by atomic mass is 16.8. The number of hydrazine groups is 1. The fourth-order valence-electron chi connectivity index (χ4n) is 2.66. The van der Waals surface area contributed by atoms with Crippen LogP contribution in [0.1, 0.15) is 33.6 Å². The van der Waals surface area contributed by atoms with E-state index in [0.717, 1.165) is 0 Å². The minimum absolute atomic E-state index is 0.00683. The number of carbonyl (C=O) groups excluding carboxylic acids is 2. The van der Waals surface area contributed by atoms with Crippen LogP contribution in [0.2, 0.25) is 0 Å². The van der Waals surface area contributed by atoms with Crippen molar-refractivity contribution in [1.29, 1.82) is 0 Å². The topological polar surface area (TPSA) is 252 Å². The van der Waals surface area contributed by atoms with E-state index in [9.17, 15) is 35.2 Å². The second kappa shape index (κ2) is 12.8. The number of aliphatic imine (C=N–C) groups is 1. The number of hydrogen-bond donors (Lipinski definition) is 8. The summed E-state index contributed by atoms with van der Waals surface area (Å²) in [4.78, 5) is 28.4. The van der Waals surface area contributed by atoms with Gasteiger partial charge in [0.15, 0.2) is 6.29 Å². The van der Waals surface area contributed by atoms with Crippen LogP contribution in [0.25, 0.3) is 0 Å². The summed E-state index contributed by atoms with van der Waals surface area (Å²) in [5.74, 6) is -1.32. The zero-order chi connectivity index (χ0) is 25.3. The van der Waals surface area contributed by atoms with Crippen molar-refractivity contribution in [2.24, 2.45) is 10.7 Å². The quantitative estimate of drug-likeness (QED) is 0.0536. The summed E-state index contributed by atoms with van der Waals surface area (Å²) in [5, 5.41) is 59.3. The van der Waals surface area contributed by atoms with Gasteiger partial charge in [0.25, 0.3) is 0 Å². The number of amides is 1. The summed E-state index contributed by atoms with van der Waals surface area (Å²) in [5.41, 5.74) is 6.26. The van der Waals surface area contributed by atoms with E-state index in [1.807, 2.05) is 0 Å². The highest BCUT2D eigenvalue weighted by molar-refractivity contribution is 5.81. The average Bonchev–Trinajstić information content (AvgIpc) is 2.68. The number of carbonyl (C=O) groups is 2. The lowest BCUT2D eigenvalue weighted by molar-refractivity contribution is -0.287. The van der Waals surface area contributed by atoms with Crippen molar-refractivity contribution in [3.63, 3.8) is 0 Å². The summed E-state index contributed by atoms with van der Waals surface area (Å²) in [6.07, 6.45) is -8.99. The van der Waals surface area contributed by atoms with Crippen LogP contribution in [-0.2, 0) is 19.0 Å². The smallest absolute Gasteiger partial charge is 0.408 e. The van der Waals surface area contributed by atoms with E-state index in [-0.39, 0.29) is 25.3 Å². The molecule has 1 saturated heterocycles.